The van der Waals surface area contributed by atoms with Crippen LogP contribution in [-0.2, 0) is 16.0 Å². The van der Waals surface area contributed by atoms with Gasteiger partial charge in [-0.1, -0.05) is 103 Å². The van der Waals surface area contributed by atoms with Crippen molar-refractivity contribution in [1.82, 2.24) is 16.0 Å². The minimum absolute atomic E-state index is 0.344. The molecule has 0 heterocycles. The lowest BCUT2D eigenvalue weighted by Gasteiger charge is -2.27. The second-order valence-corrected chi connectivity index (χ2v) is 13.5. The Labute approximate surface area is 277 Å². The van der Waals surface area contributed by atoms with Crippen LogP contribution in [0.1, 0.15) is 47.1 Å². The predicted molar refractivity (Wildman–Crippen MR) is 190 cm³/mol. The lowest BCUT2D eigenvalue weighted by molar-refractivity contribution is 0.0405. The van der Waals surface area contributed by atoms with Crippen LogP contribution in [0.25, 0.3) is 44.2 Å². The summed E-state index contributed by atoms with van der Waals surface area (Å²) in [5.41, 5.74) is 6.38. The van der Waals surface area contributed by atoms with E-state index in [1.54, 1.807) is 41.5 Å². The third-order valence-electron chi connectivity index (χ3n) is 7.31. The maximum absolute atomic E-state index is 12.6. The largest absolute Gasteiger partial charge is 0.444 e. The van der Waals surface area contributed by atoms with Crippen LogP contribution in [0.3, 0.4) is 0 Å². The van der Waals surface area contributed by atoms with Gasteiger partial charge in [-0.05, 0) is 103 Å². The van der Waals surface area contributed by atoms with Crippen molar-refractivity contribution in [3.63, 3.8) is 0 Å². The first kappa shape index (κ1) is 33.2. The number of benzene rings is 5. The quantitative estimate of drug-likeness (QED) is 0.149. The van der Waals surface area contributed by atoms with E-state index in [9.17, 15) is 9.59 Å². The molecule has 0 aliphatic carbocycles. The fourth-order valence-corrected chi connectivity index (χ4v) is 5.36. The number of carbonyl (C=O) groups is 2. The van der Waals surface area contributed by atoms with E-state index in [-0.39, 0.29) is 0 Å². The molecule has 0 spiro atoms. The number of rotatable bonds is 8. The highest BCUT2D eigenvalue weighted by atomic mass is 16.6. The monoisotopic (exact) mass is 629 g/mol. The molecule has 5 rings (SSSR count). The van der Waals surface area contributed by atoms with Crippen molar-refractivity contribution in [2.45, 2.75) is 65.6 Å². The number of ether oxygens (including phenoxy) is 2. The SMILES string of the molecule is CC(C)(C)OC(=O)NC(NCc1ccccc1-c1ccc2c(-c3cccc(-c4ccccc4)c3)cccc2c1)NC(=O)OC(C)(C)C. The Hall–Kier alpha value is -5.14. The Bertz CT molecular complexity index is 1830. The minimum atomic E-state index is -0.946. The topological polar surface area (TPSA) is 88.7 Å². The Morgan fingerprint density at radius 2 is 1.13 bits per heavy atom. The van der Waals surface area contributed by atoms with Crippen LogP contribution in [0, 0.1) is 0 Å². The maximum atomic E-state index is 12.6. The zero-order chi connectivity index (χ0) is 33.6. The van der Waals surface area contributed by atoms with Gasteiger partial charge in [-0.2, -0.15) is 0 Å². The van der Waals surface area contributed by atoms with Gasteiger partial charge in [0.1, 0.15) is 11.2 Å². The zero-order valence-electron chi connectivity index (χ0n) is 27.9. The van der Waals surface area contributed by atoms with Crippen LogP contribution in [0.5, 0.6) is 0 Å². The predicted octanol–water partition coefficient (Wildman–Crippen LogP) is 9.26. The van der Waals surface area contributed by atoms with E-state index >= 15 is 0 Å². The summed E-state index contributed by atoms with van der Waals surface area (Å²) in [5, 5.41) is 10.9. The highest BCUT2D eigenvalue weighted by Gasteiger charge is 2.23. The number of carbonyl (C=O) groups excluding carboxylic acids is 2. The molecule has 7 nitrogen and oxygen atoms in total. The molecule has 5 aromatic carbocycles. The van der Waals surface area contributed by atoms with Crippen LogP contribution in [0.2, 0.25) is 0 Å². The molecule has 5 aromatic rings. The standard InChI is InChI=1S/C40H43N3O4/c1-39(2,3)46-37(44)42-36(43-38(45)47-40(4,5)6)41-26-32-16-10-11-20-33(32)31-22-23-35-30(25-31)19-13-21-34(35)29-18-12-17-28(24-29)27-14-8-7-9-15-27/h7-25,36,41H,26H2,1-6H3,(H,42,44)(H,43,45). The van der Waals surface area contributed by atoms with Crippen molar-refractivity contribution in [3.8, 4) is 33.4 Å². The fraction of sp³-hybridized carbons (Fsp3) is 0.250. The minimum Gasteiger partial charge on any atom is -0.444 e. The molecule has 3 N–H and O–H groups in total. The molecule has 0 atom stereocenters. The van der Waals surface area contributed by atoms with Gasteiger partial charge in [0.05, 0.1) is 0 Å². The van der Waals surface area contributed by atoms with Crippen LogP contribution in [0.15, 0.2) is 115 Å². The molecule has 0 radical (unpaired) electrons. The molecule has 0 aliphatic rings. The molecule has 0 bridgehead atoms. The van der Waals surface area contributed by atoms with Gasteiger partial charge in [-0.3, -0.25) is 16.0 Å². The van der Waals surface area contributed by atoms with E-state index in [1.165, 1.54) is 22.1 Å². The molecule has 2 amide bonds. The van der Waals surface area contributed by atoms with Gasteiger partial charge in [0.25, 0.3) is 0 Å². The van der Waals surface area contributed by atoms with Gasteiger partial charge in [-0.25, -0.2) is 9.59 Å². The van der Waals surface area contributed by atoms with Crippen molar-refractivity contribution in [1.29, 1.82) is 0 Å². The van der Waals surface area contributed by atoms with E-state index in [0.717, 1.165) is 27.6 Å². The van der Waals surface area contributed by atoms with Gasteiger partial charge in [-0.15, -0.1) is 0 Å². The smallest absolute Gasteiger partial charge is 0.410 e. The molecule has 0 fully saturated rings. The summed E-state index contributed by atoms with van der Waals surface area (Å²) < 4.78 is 10.9. The molecule has 0 saturated carbocycles. The Morgan fingerprint density at radius 3 is 1.81 bits per heavy atom. The Morgan fingerprint density at radius 1 is 0.574 bits per heavy atom. The van der Waals surface area contributed by atoms with Crippen LogP contribution < -0.4 is 16.0 Å². The van der Waals surface area contributed by atoms with E-state index < -0.39 is 29.7 Å². The summed E-state index contributed by atoms with van der Waals surface area (Å²) in [7, 11) is 0. The van der Waals surface area contributed by atoms with Crippen molar-refractivity contribution < 1.29 is 19.1 Å². The number of amides is 2. The molecule has 47 heavy (non-hydrogen) atoms. The molecular weight excluding hydrogens is 586 g/mol. The van der Waals surface area contributed by atoms with Crippen molar-refractivity contribution >= 4 is 23.0 Å². The molecule has 0 aromatic heterocycles. The second-order valence-electron chi connectivity index (χ2n) is 13.5. The number of nitrogens with one attached hydrogen (secondary N) is 3. The van der Waals surface area contributed by atoms with Crippen LogP contribution in [0.4, 0.5) is 9.59 Å². The average molecular weight is 630 g/mol. The lowest BCUT2D eigenvalue weighted by Crippen LogP contribution is -2.57. The zero-order valence-corrected chi connectivity index (χ0v) is 27.9. The molecule has 0 aliphatic heterocycles. The van der Waals surface area contributed by atoms with E-state index in [4.69, 9.17) is 9.47 Å². The molecule has 0 unspecified atom stereocenters. The highest BCUT2D eigenvalue weighted by molar-refractivity contribution is 5.99. The summed E-state index contributed by atoms with van der Waals surface area (Å²) in [4.78, 5) is 25.2. The summed E-state index contributed by atoms with van der Waals surface area (Å²) in [6.45, 7) is 11.0. The number of alkyl carbamates (subject to hydrolysis) is 2. The Balaban J connectivity index is 1.39. The number of hydrogen-bond donors (Lipinski definition) is 3. The van der Waals surface area contributed by atoms with Gasteiger partial charge >= 0.3 is 12.2 Å². The summed E-state index contributed by atoms with van der Waals surface area (Å²) in [5.74, 6) is 0. The third-order valence-corrected chi connectivity index (χ3v) is 7.31. The lowest BCUT2D eigenvalue weighted by atomic mass is 9.92. The molecule has 0 saturated heterocycles. The van der Waals surface area contributed by atoms with Gasteiger partial charge in [0, 0.05) is 6.54 Å². The summed E-state index contributed by atoms with van der Waals surface area (Å²) in [6.07, 6.45) is -2.28. The van der Waals surface area contributed by atoms with E-state index in [1.807, 2.05) is 24.3 Å². The molecule has 242 valence electrons. The Kier molecular flexibility index (Phi) is 9.97. The highest BCUT2D eigenvalue weighted by Crippen LogP contribution is 2.34. The fourth-order valence-electron chi connectivity index (χ4n) is 5.36. The van der Waals surface area contributed by atoms with Crippen molar-refractivity contribution in [2.24, 2.45) is 0 Å². The van der Waals surface area contributed by atoms with Crippen molar-refractivity contribution in [3.05, 3.63) is 121 Å². The van der Waals surface area contributed by atoms with Crippen LogP contribution in [-0.4, -0.2) is 29.7 Å². The first-order valence-corrected chi connectivity index (χ1v) is 15.8. The van der Waals surface area contributed by atoms with Crippen molar-refractivity contribution in [2.75, 3.05) is 0 Å². The maximum Gasteiger partial charge on any atom is 0.410 e. The van der Waals surface area contributed by atoms with Gasteiger partial charge < -0.3 is 9.47 Å². The summed E-state index contributed by atoms with van der Waals surface area (Å²) >= 11 is 0. The van der Waals surface area contributed by atoms with E-state index in [2.05, 4.69) is 107 Å². The number of fused-ring (bicyclic) bond motifs is 1. The third kappa shape index (κ3) is 9.21. The summed E-state index contributed by atoms with van der Waals surface area (Å²) in [6, 6.07) is 40.0. The van der Waals surface area contributed by atoms with Crippen LogP contribution >= 0.6 is 0 Å². The number of hydrogen-bond acceptors (Lipinski definition) is 5. The van der Waals surface area contributed by atoms with Gasteiger partial charge in [0.15, 0.2) is 6.29 Å². The molecular formula is C40H43N3O4. The first-order valence-electron chi connectivity index (χ1n) is 15.8. The average Bonchev–Trinajstić information content (AvgIpc) is 3.02. The second kappa shape index (κ2) is 14.1. The first-order chi connectivity index (χ1) is 22.3. The van der Waals surface area contributed by atoms with Gasteiger partial charge in [0.2, 0.25) is 0 Å². The van der Waals surface area contributed by atoms with E-state index in [0.29, 0.717) is 6.54 Å². The molecule has 7 heteroatoms. The normalized spacial score (nSPS) is 11.7.